The van der Waals surface area contributed by atoms with Crippen LogP contribution in [0.25, 0.3) is 0 Å². The summed E-state index contributed by atoms with van der Waals surface area (Å²) in [6, 6.07) is 7.60. The van der Waals surface area contributed by atoms with E-state index in [1.807, 2.05) is 24.3 Å². The first-order valence-electron chi connectivity index (χ1n) is 5.04. The summed E-state index contributed by atoms with van der Waals surface area (Å²) >= 11 is 8.09. The third-order valence-corrected chi connectivity index (χ3v) is 4.98. The normalized spacial score (nSPS) is 11.1. The lowest BCUT2D eigenvalue weighted by Gasteiger charge is -2.07. The summed E-state index contributed by atoms with van der Waals surface area (Å²) in [5.74, 6) is 0. The number of hydrogen-bond donors (Lipinski definition) is 3. The first-order chi connectivity index (χ1) is 9.34. The molecule has 0 saturated heterocycles. The molecule has 0 aliphatic carbocycles. The smallest absolute Gasteiger partial charge is 0.267 e. The summed E-state index contributed by atoms with van der Waals surface area (Å²) in [4.78, 5) is 0. The van der Waals surface area contributed by atoms with Gasteiger partial charge in [0.1, 0.15) is 0 Å². The van der Waals surface area contributed by atoms with Gasteiger partial charge >= 0.3 is 0 Å². The van der Waals surface area contributed by atoms with Gasteiger partial charge in [0, 0.05) is 9.26 Å². The number of aromatic nitrogens is 2. The summed E-state index contributed by atoms with van der Waals surface area (Å²) < 4.78 is 22.9. The molecule has 0 saturated carbocycles. The van der Waals surface area contributed by atoms with Crippen molar-refractivity contribution < 1.29 is 8.42 Å². The van der Waals surface area contributed by atoms with Crippen LogP contribution in [0.1, 0.15) is 0 Å². The predicted molar refractivity (Wildman–Crippen MR) is 90.3 cm³/mol. The molecule has 1 aromatic heterocycles. The lowest BCUT2D eigenvalue weighted by Crippen LogP contribution is -2.18. The SMILES string of the molecule is NS(=O)(=O)c1nnc(NC(=S)Nc2cccc(I)c2)s1. The van der Waals surface area contributed by atoms with E-state index in [1.165, 1.54) is 0 Å². The highest BCUT2D eigenvalue weighted by Gasteiger charge is 2.15. The summed E-state index contributed by atoms with van der Waals surface area (Å²) in [6.07, 6.45) is 0. The topological polar surface area (TPSA) is 110 Å². The van der Waals surface area contributed by atoms with E-state index in [0.717, 1.165) is 20.6 Å². The Labute approximate surface area is 138 Å². The third kappa shape index (κ3) is 4.31. The summed E-state index contributed by atoms with van der Waals surface area (Å²) in [7, 11) is -3.84. The van der Waals surface area contributed by atoms with Crippen LogP contribution in [-0.2, 0) is 10.0 Å². The second-order valence-corrected chi connectivity index (χ2v) is 7.87. The van der Waals surface area contributed by atoms with E-state index in [-0.39, 0.29) is 14.6 Å². The summed E-state index contributed by atoms with van der Waals surface area (Å²) in [5, 5.41) is 18.3. The Hall–Kier alpha value is -0.890. The number of halogens is 1. The Bertz CT molecular complexity index is 746. The Morgan fingerprint density at radius 3 is 2.70 bits per heavy atom. The predicted octanol–water partition coefficient (Wildman–Crippen LogP) is 1.60. The van der Waals surface area contributed by atoms with Gasteiger partial charge in [-0.05, 0) is 53.0 Å². The second kappa shape index (κ2) is 6.26. The van der Waals surface area contributed by atoms with Gasteiger partial charge in [0.15, 0.2) is 5.11 Å². The van der Waals surface area contributed by atoms with Crippen LogP contribution in [-0.4, -0.2) is 23.7 Å². The molecule has 7 nitrogen and oxygen atoms in total. The minimum atomic E-state index is -3.84. The number of primary sulfonamides is 1. The molecule has 0 amide bonds. The van der Waals surface area contributed by atoms with Crippen molar-refractivity contribution in [3.8, 4) is 0 Å². The fourth-order valence-electron chi connectivity index (χ4n) is 1.20. The van der Waals surface area contributed by atoms with Gasteiger partial charge < -0.3 is 10.6 Å². The standard InChI is InChI=1S/C9H8IN5O2S3/c10-5-2-1-3-6(4-5)12-7(18)13-8-14-15-9(19-8)20(11,16)17/h1-4H,(H2,11,16,17)(H2,12,13,14,18). The monoisotopic (exact) mass is 441 g/mol. The average Bonchev–Trinajstić information content (AvgIpc) is 2.76. The molecule has 2 rings (SSSR count). The van der Waals surface area contributed by atoms with Gasteiger partial charge in [0.2, 0.25) is 9.47 Å². The van der Waals surface area contributed by atoms with E-state index in [9.17, 15) is 8.42 Å². The van der Waals surface area contributed by atoms with Gasteiger partial charge in [-0.15, -0.1) is 10.2 Å². The van der Waals surface area contributed by atoms with E-state index in [1.54, 1.807) is 0 Å². The second-order valence-electron chi connectivity index (χ2n) is 3.51. The Balaban J connectivity index is 2.03. The minimum absolute atomic E-state index is 0.247. The molecule has 20 heavy (non-hydrogen) atoms. The van der Waals surface area contributed by atoms with Crippen LogP contribution in [0.2, 0.25) is 0 Å². The van der Waals surface area contributed by atoms with Gasteiger partial charge in [-0.25, -0.2) is 13.6 Å². The number of anilines is 2. The summed E-state index contributed by atoms with van der Waals surface area (Å²) in [6.45, 7) is 0. The zero-order valence-electron chi connectivity index (χ0n) is 9.70. The fourth-order valence-corrected chi connectivity index (χ4v) is 3.36. The lowest BCUT2D eigenvalue weighted by atomic mass is 10.3. The quantitative estimate of drug-likeness (QED) is 0.490. The summed E-state index contributed by atoms with van der Waals surface area (Å²) in [5.41, 5.74) is 0.811. The van der Waals surface area contributed by atoms with Crippen molar-refractivity contribution in [3.63, 3.8) is 0 Å². The molecule has 11 heteroatoms. The first kappa shape index (κ1) is 15.5. The van der Waals surface area contributed by atoms with Crippen LogP contribution in [0.3, 0.4) is 0 Å². The number of nitrogens with one attached hydrogen (secondary N) is 2. The fraction of sp³-hybridized carbons (Fsp3) is 0. The van der Waals surface area contributed by atoms with Crippen molar-refractivity contribution in [2.45, 2.75) is 4.34 Å². The van der Waals surface area contributed by atoms with Crippen molar-refractivity contribution in [1.82, 2.24) is 10.2 Å². The van der Waals surface area contributed by atoms with E-state index in [2.05, 4.69) is 43.4 Å². The zero-order valence-corrected chi connectivity index (χ0v) is 14.3. The number of rotatable bonds is 3. The van der Waals surface area contributed by atoms with Crippen LogP contribution >= 0.6 is 46.1 Å². The number of benzene rings is 1. The lowest BCUT2D eigenvalue weighted by molar-refractivity contribution is 0.596. The van der Waals surface area contributed by atoms with Gasteiger partial charge in [-0.2, -0.15) is 0 Å². The number of nitrogens with zero attached hydrogens (tertiary/aromatic N) is 2. The molecule has 2 aromatic rings. The van der Waals surface area contributed by atoms with Crippen LogP contribution in [0, 0.1) is 3.57 Å². The molecule has 1 heterocycles. The number of thiocarbonyl (C=S) groups is 1. The first-order valence-corrected chi connectivity index (χ1v) is 8.89. The molecular formula is C9H8IN5O2S3. The van der Waals surface area contributed by atoms with Crippen molar-refractivity contribution >= 4 is 72.1 Å². The van der Waals surface area contributed by atoms with Gasteiger partial charge in [0.25, 0.3) is 10.0 Å². The molecular weight excluding hydrogens is 433 g/mol. The van der Waals surface area contributed by atoms with E-state index in [4.69, 9.17) is 17.4 Å². The van der Waals surface area contributed by atoms with Crippen LogP contribution in [0.15, 0.2) is 28.6 Å². The molecule has 0 unspecified atom stereocenters. The Kier molecular flexibility index (Phi) is 4.85. The molecule has 0 atom stereocenters. The number of nitrogens with two attached hydrogens (primary N) is 1. The molecule has 4 N–H and O–H groups in total. The average molecular weight is 441 g/mol. The van der Waals surface area contributed by atoms with E-state index in [0.29, 0.717) is 0 Å². The van der Waals surface area contributed by atoms with Crippen molar-refractivity contribution in [1.29, 1.82) is 0 Å². The highest BCUT2D eigenvalue weighted by atomic mass is 127. The maximum atomic E-state index is 11.1. The molecule has 0 bridgehead atoms. The maximum Gasteiger partial charge on any atom is 0.267 e. The molecule has 0 fully saturated rings. The van der Waals surface area contributed by atoms with Gasteiger partial charge in [0.05, 0.1) is 0 Å². The molecule has 106 valence electrons. The van der Waals surface area contributed by atoms with Crippen LogP contribution < -0.4 is 15.8 Å². The largest absolute Gasteiger partial charge is 0.332 e. The molecule has 0 aliphatic rings. The Morgan fingerprint density at radius 1 is 1.35 bits per heavy atom. The van der Waals surface area contributed by atoms with Crippen molar-refractivity contribution in [2.24, 2.45) is 5.14 Å². The molecule has 0 spiro atoms. The molecule has 0 aliphatic heterocycles. The van der Waals surface area contributed by atoms with Gasteiger partial charge in [-0.1, -0.05) is 17.4 Å². The third-order valence-electron chi connectivity index (χ3n) is 1.95. The Morgan fingerprint density at radius 2 is 2.10 bits per heavy atom. The molecule has 1 aromatic carbocycles. The van der Waals surface area contributed by atoms with Crippen LogP contribution in [0.4, 0.5) is 10.8 Å². The molecule has 0 radical (unpaired) electrons. The highest BCUT2D eigenvalue weighted by molar-refractivity contribution is 14.1. The van der Waals surface area contributed by atoms with Crippen LogP contribution in [0.5, 0.6) is 0 Å². The van der Waals surface area contributed by atoms with Crippen molar-refractivity contribution in [3.05, 3.63) is 27.8 Å². The van der Waals surface area contributed by atoms with Gasteiger partial charge in [-0.3, -0.25) is 0 Å². The number of hydrogen-bond acceptors (Lipinski definition) is 6. The minimum Gasteiger partial charge on any atom is -0.332 e. The van der Waals surface area contributed by atoms with E-state index >= 15 is 0 Å². The van der Waals surface area contributed by atoms with E-state index < -0.39 is 10.0 Å². The van der Waals surface area contributed by atoms with Crippen molar-refractivity contribution in [2.75, 3.05) is 10.6 Å². The maximum absolute atomic E-state index is 11.1. The zero-order chi connectivity index (χ0) is 14.8. The number of sulfonamides is 1. The highest BCUT2D eigenvalue weighted by Crippen LogP contribution is 2.19.